The molecule has 1 fully saturated rings. The summed E-state index contributed by atoms with van der Waals surface area (Å²) < 4.78 is 11.4. The quantitative estimate of drug-likeness (QED) is 0.538. The van der Waals surface area contributed by atoms with Crippen LogP contribution in [0.1, 0.15) is 35.6 Å². The maximum Gasteiger partial charge on any atom is 0.264 e. The lowest BCUT2D eigenvalue weighted by molar-refractivity contribution is -0.142. The standard InChI is InChI=1S/C21H31N3O6/c1-12-13(2)18-15(14(3)17(12)26)5-6-21(4,30-18)20(28)22-16(11-25)19(27)23-24-7-9-29-10-8-24/h16,25-26H,5-11H2,1-4H3,(H,22,28)(H,23,27)/t16-,21?/m0/s1. The van der Waals surface area contributed by atoms with Gasteiger partial charge in [0.25, 0.3) is 11.8 Å². The topological polar surface area (TPSA) is 120 Å². The highest BCUT2D eigenvalue weighted by molar-refractivity contribution is 5.91. The van der Waals surface area contributed by atoms with E-state index in [1.54, 1.807) is 11.9 Å². The normalized spacial score (nSPS) is 22.6. The fourth-order valence-electron chi connectivity index (χ4n) is 3.82. The van der Waals surface area contributed by atoms with Crippen LogP contribution in [0.4, 0.5) is 0 Å². The first-order valence-corrected chi connectivity index (χ1v) is 10.2. The molecule has 2 atom stereocenters. The number of phenolic OH excluding ortho intramolecular Hbond substituents is 1. The molecule has 1 unspecified atom stereocenters. The van der Waals surface area contributed by atoms with Crippen molar-refractivity contribution in [3.8, 4) is 11.5 Å². The third kappa shape index (κ3) is 4.23. The van der Waals surface area contributed by atoms with Gasteiger partial charge in [-0.2, -0.15) is 0 Å². The molecular formula is C21H31N3O6. The summed E-state index contributed by atoms with van der Waals surface area (Å²) in [6.07, 6.45) is 0.946. The van der Waals surface area contributed by atoms with Gasteiger partial charge in [-0.3, -0.25) is 15.0 Å². The van der Waals surface area contributed by atoms with E-state index in [4.69, 9.17) is 9.47 Å². The van der Waals surface area contributed by atoms with E-state index in [9.17, 15) is 19.8 Å². The molecule has 9 heteroatoms. The molecule has 9 nitrogen and oxygen atoms in total. The Hall–Kier alpha value is -2.36. The fraction of sp³-hybridized carbons (Fsp3) is 0.619. The van der Waals surface area contributed by atoms with Crippen LogP contribution in [-0.2, 0) is 20.7 Å². The number of aliphatic hydroxyl groups is 1. The second-order valence-corrected chi connectivity index (χ2v) is 8.15. The predicted octanol–water partition coefficient (Wildman–Crippen LogP) is 0.242. The van der Waals surface area contributed by atoms with E-state index < -0.39 is 30.1 Å². The Morgan fingerprint density at radius 3 is 2.47 bits per heavy atom. The number of morpholine rings is 1. The van der Waals surface area contributed by atoms with E-state index in [-0.39, 0.29) is 5.75 Å². The maximum absolute atomic E-state index is 13.0. The number of aliphatic hydroxyl groups excluding tert-OH is 1. The summed E-state index contributed by atoms with van der Waals surface area (Å²) in [4.78, 5) is 25.5. The Bertz CT molecular complexity index is 837. The monoisotopic (exact) mass is 421 g/mol. The van der Waals surface area contributed by atoms with E-state index >= 15 is 0 Å². The second kappa shape index (κ2) is 8.79. The number of carbonyl (C=O) groups is 2. The Balaban J connectivity index is 1.72. The lowest BCUT2D eigenvalue weighted by Gasteiger charge is -2.37. The molecule has 3 rings (SSSR count). The Morgan fingerprint density at radius 1 is 1.17 bits per heavy atom. The molecule has 2 heterocycles. The van der Waals surface area contributed by atoms with Crippen LogP contribution in [0.2, 0.25) is 0 Å². The summed E-state index contributed by atoms with van der Waals surface area (Å²) in [5, 5.41) is 24.3. The lowest BCUT2D eigenvalue weighted by atomic mass is 9.86. The molecule has 0 radical (unpaired) electrons. The largest absolute Gasteiger partial charge is 0.507 e. The molecule has 0 aliphatic carbocycles. The number of carbonyl (C=O) groups excluding carboxylic acids is 2. The van der Waals surface area contributed by atoms with Crippen molar-refractivity contribution < 1.29 is 29.3 Å². The molecule has 0 saturated carbocycles. The highest BCUT2D eigenvalue weighted by Crippen LogP contribution is 2.43. The number of nitrogens with one attached hydrogen (secondary N) is 2. The van der Waals surface area contributed by atoms with Gasteiger partial charge in [0.2, 0.25) is 0 Å². The number of amides is 2. The number of rotatable bonds is 5. The molecule has 0 bridgehead atoms. The zero-order valence-corrected chi connectivity index (χ0v) is 18.0. The average molecular weight is 421 g/mol. The molecule has 2 amide bonds. The zero-order valence-electron chi connectivity index (χ0n) is 18.0. The third-order valence-electron chi connectivity index (χ3n) is 6.08. The minimum absolute atomic E-state index is 0.253. The van der Waals surface area contributed by atoms with E-state index in [1.165, 1.54) is 0 Å². The van der Waals surface area contributed by atoms with Crippen LogP contribution >= 0.6 is 0 Å². The summed E-state index contributed by atoms with van der Waals surface area (Å²) in [5.74, 6) is -0.0968. The fourth-order valence-corrected chi connectivity index (χ4v) is 3.82. The van der Waals surface area contributed by atoms with Gasteiger partial charge in [0.1, 0.15) is 17.5 Å². The van der Waals surface area contributed by atoms with Gasteiger partial charge in [-0.15, -0.1) is 0 Å². The minimum atomic E-state index is -1.19. The van der Waals surface area contributed by atoms with Crippen molar-refractivity contribution in [2.24, 2.45) is 0 Å². The van der Waals surface area contributed by atoms with Gasteiger partial charge in [-0.1, -0.05) is 0 Å². The van der Waals surface area contributed by atoms with Gasteiger partial charge in [-0.25, -0.2) is 5.01 Å². The summed E-state index contributed by atoms with van der Waals surface area (Å²) in [5.41, 5.74) is 4.67. The van der Waals surface area contributed by atoms with E-state index in [0.717, 1.165) is 16.7 Å². The molecule has 1 saturated heterocycles. The van der Waals surface area contributed by atoms with Crippen LogP contribution < -0.4 is 15.5 Å². The van der Waals surface area contributed by atoms with Gasteiger partial charge in [0.05, 0.1) is 19.8 Å². The molecule has 1 aromatic carbocycles. The number of ether oxygens (including phenoxy) is 2. The number of nitrogens with zero attached hydrogens (tertiary/aromatic N) is 1. The Labute approximate surface area is 176 Å². The highest BCUT2D eigenvalue weighted by atomic mass is 16.5. The van der Waals surface area contributed by atoms with E-state index in [1.807, 2.05) is 20.8 Å². The van der Waals surface area contributed by atoms with Crippen molar-refractivity contribution >= 4 is 11.8 Å². The highest BCUT2D eigenvalue weighted by Gasteiger charge is 2.42. The first-order chi connectivity index (χ1) is 14.2. The molecule has 30 heavy (non-hydrogen) atoms. The van der Waals surface area contributed by atoms with Crippen LogP contribution in [-0.4, -0.2) is 71.6 Å². The molecule has 0 aromatic heterocycles. The molecular weight excluding hydrogens is 390 g/mol. The predicted molar refractivity (Wildman–Crippen MR) is 109 cm³/mol. The zero-order chi connectivity index (χ0) is 22.1. The number of benzene rings is 1. The summed E-state index contributed by atoms with van der Waals surface area (Å²) in [6.45, 7) is 8.75. The number of hydrazine groups is 1. The lowest BCUT2D eigenvalue weighted by Crippen LogP contribution is -2.60. The SMILES string of the molecule is Cc1c(C)c2c(c(C)c1O)CCC(C)(C(=O)N[C@@H](CO)C(=O)NN1CCOCC1)O2. The molecule has 166 valence electrons. The number of hydrogen-bond acceptors (Lipinski definition) is 7. The molecule has 4 N–H and O–H groups in total. The number of aromatic hydroxyl groups is 1. The van der Waals surface area contributed by atoms with Gasteiger partial charge in [-0.05, 0) is 50.8 Å². The molecule has 1 aromatic rings. The number of phenols is 1. The van der Waals surface area contributed by atoms with E-state index in [0.29, 0.717) is 50.5 Å². The van der Waals surface area contributed by atoms with Crippen LogP contribution in [0.15, 0.2) is 0 Å². The third-order valence-corrected chi connectivity index (χ3v) is 6.08. The summed E-state index contributed by atoms with van der Waals surface area (Å²) >= 11 is 0. The average Bonchev–Trinajstić information content (AvgIpc) is 2.74. The van der Waals surface area contributed by atoms with Crippen molar-refractivity contribution in [2.75, 3.05) is 32.9 Å². The van der Waals surface area contributed by atoms with Crippen molar-refractivity contribution in [3.63, 3.8) is 0 Å². The van der Waals surface area contributed by atoms with Gasteiger partial charge in [0, 0.05) is 25.1 Å². The Morgan fingerprint density at radius 2 is 1.83 bits per heavy atom. The van der Waals surface area contributed by atoms with Crippen LogP contribution in [0.3, 0.4) is 0 Å². The minimum Gasteiger partial charge on any atom is -0.507 e. The number of hydrogen-bond donors (Lipinski definition) is 4. The van der Waals surface area contributed by atoms with Crippen molar-refractivity contribution in [2.45, 2.75) is 52.2 Å². The smallest absolute Gasteiger partial charge is 0.264 e. The van der Waals surface area contributed by atoms with Crippen molar-refractivity contribution in [3.05, 3.63) is 22.3 Å². The first kappa shape index (κ1) is 22.3. The molecule has 0 spiro atoms. The summed E-state index contributed by atoms with van der Waals surface area (Å²) in [6, 6.07) is -1.09. The van der Waals surface area contributed by atoms with Gasteiger partial charge < -0.3 is 25.0 Å². The van der Waals surface area contributed by atoms with Crippen LogP contribution in [0.25, 0.3) is 0 Å². The number of fused-ring (bicyclic) bond motifs is 1. The van der Waals surface area contributed by atoms with Crippen LogP contribution in [0, 0.1) is 20.8 Å². The van der Waals surface area contributed by atoms with Gasteiger partial charge >= 0.3 is 0 Å². The molecule has 2 aliphatic heterocycles. The van der Waals surface area contributed by atoms with Crippen molar-refractivity contribution in [1.29, 1.82) is 0 Å². The van der Waals surface area contributed by atoms with Crippen LogP contribution in [0.5, 0.6) is 11.5 Å². The van der Waals surface area contributed by atoms with Crippen molar-refractivity contribution in [1.82, 2.24) is 15.8 Å². The molecule has 2 aliphatic rings. The van der Waals surface area contributed by atoms with E-state index in [2.05, 4.69) is 10.7 Å². The summed E-state index contributed by atoms with van der Waals surface area (Å²) in [7, 11) is 0. The van der Waals surface area contributed by atoms with Gasteiger partial charge in [0.15, 0.2) is 5.60 Å². The first-order valence-electron chi connectivity index (χ1n) is 10.2. The Kier molecular flexibility index (Phi) is 6.54. The maximum atomic E-state index is 13.0. The second-order valence-electron chi connectivity index (χ2n) is 8.15.